The second-order valence-electron chi connectivity index (χ2n) is 9.13. The molecule has 1 amide bonds. The first-order valence-electron chi connectivity index (χ1n) is 10.2. The predicted molar refractivity (Wildman–Crippen MR) is 112 cm³/mol. The van der Waals surface area contributed by atoms with Gasteiger partial charge in [0.05, 0.1) is 22.4 Å². The van der Waals surface area contributed by atoms with Gasteiger partial charge >= 0.3 is 0 Å². The molecule has 1 spiro atoms. The van der Waals surface area contributed by atoms with Crippen molar-refractivity contribution in [1.82, 2.24) is 9.88 Å². The number of carbonyl (C=O) groups excluding carboxylic acids is 1. The van der Waals surface area contributed by atoms with Crippen LogP contribution >= 0.6 is 0 Å². The largest absolute Gasteiger partial charge is 0.343 e. The van der Waals surface area contributed by atoms with E-state index in [2.05, 4.69) is 17.0 Å². The number of aromatic nitrogens is 1. The third-order valence-corrected chi connectivity index (χ3v) is 6.52. The Morgan fingerprint density at radius 2 is 2.00 bits per heavy atom. The predicted octanol–water partition coefficient (Wildman–Crippen LogP) is 5.04. The van der Waals surface area contributed by atoms with Crippen molar-refractivity contribution in [3.05, 3.63) is 63.3 Å². The molecule has 1 aromatic heterocycles. The van der Waals surface area contributed by atoms with Crippen LogP contribution in [-0.2, 0) is 5.54 Å². The summed E-state index contributed by atoms with van der Waals surface area (Å²) >= 11 is 0. The van der Waals surface area contributed by atoms with Gasteiger partial charge in [0.15, 0.2) is 0 Å². The minimum absolute atomic E-state index is 0.0357. The van der Waals surface area contributed by atoms with Crippen molar-refractivity contribution >= 4 is 18.3 Å². The maximum atomic E-state index is 14.7. The molecule has 0 bridgehead atoms. The molecule has 4 rings (SSSR count). The van der Waals surface area contributed by atoms with Crippen LogP contribution in [0, 0.1) is 11.2 Å². The topological polar surface area (TPSA) is 63.5 Å². The van der Waals surface area contributed by atoms with E-state index in [0.29, 0.717) is 5.41 Å². The summed E-state index contributed by atoms with van der Waals surface area (Å²) in [6, 6.07) is 5.01. The lowest BCUT2D eigenvalue weighted by Gasteiger charge is -2.37. The monoisotopic (exact) mass is 431 g/mol. The molecule has 1 aromatic carbocycles. The lowest BCUT2D eigenvalue weighted by Crippen LogP contribution is -2.42. The number of nitrogens with zero attached hydrogens (tertiary/aromatic N) is 2. The number of amides is 1. The van der Waals surface area contributed by atoms with Crippen molar-refractivity contribution in [3.63, 3.8) is 0 Å². The quantitative estimate of drug-likeness (QED) is 0.652. The average molecular weight is 431 g/mol. The van der Waals surface area contributed by atoms with Crippen LogP contribution in [-0.4, -0.2) is 17.2 Å². The van der Waals surface area contributed by atoms with E-state index >= 15 is 0 Å². The van der Waals surface area contributed by atoms with Crippen LogP contribution in [0.25, 0.3) is 0 Å². The van der Waals surface area contributed by atoms with Crippen molar-refractivity contribution in [1.29, 1.82) is 0 Å². The molecule has 31 heavy (non-hydrogen) atoms. The Kier molecular flexibility index (Phi) is 5.06. The van der Waals surface area contributed by atoms with Gasteiger partial charge in [-0.25, -0.2) is 13.2 Å². The Hall–Kier alpha value is -2.90. The van der Waals surface area contributed by atoms with E-state index in [0.717, 1.165) is 18.9 Å². The molecule has 2 aromatic rings. The molecule has 0 unspecified atom stereocenters. The fraction of sp³-hybridized carbons (Fsp3) is 0.435. The summed E-state index contributed by atoms with van der Waals surface area (Å²) in [7, 11) is 0. The van der Waals surface area contributed by atoms with Crippen molar-refractivity contribution in [3.8, 4) is 0 Å². The van der Waals surface area contributed by atoms with E-state index in [1.807, 2.05) is 0 Å². The number of halogens is 3. The van der Waals surface area contributed by atoms with Gasteiger partial charge in [0.2, 0.25) is 0 Å². The molecule has 5 nitrogen and oxygen atoms in total. The van der Waals surface area contributed by atoms with Gasteiger partial charge in [-0.1, -0.05) is 18.2 Å². The third kappa shape index (κ3) is 3.79. The maximum Gasteiger partial charge on any atom is 0.266 e. The molecule has 0 radical (unpaired) electrons. The Bertz CT molecular complexity index is 1110. The first-order valence-corrected chi connectivity index (χ1v) is 10.2. The summed E-state index contributed by atoms with van der Waals surface area (Å²) < 4.78 is 42.4. The van der Waals surface area contributed by atoms with Crippen LogP contribution in [0.3, 0.4) is 0 Å². The van der Waals surface area contributed by atoms with Crippen LogP contribution in [0.1, 0.15) is 73.5 Å². The SMILES string of the molecule is C=Nc1cc(=O)n(C2CC3(CC3)C2)cc1C(=O)NC(C)(C)c1cccc(C(F)F)c1F. The molecule has 0 saturated heterocycles. The first-order chi connectivity index (χ1) is 14.6. The number of pyridine rings is 1. The summed E-state index contributed by atoms with van der Waals surface area (Å²) in [6.45, 7) is 6.49. The summed E-state index contributed by atoms with van der Waals surface area (Å²) in [6.07, 6.45) is 2.68. The lowest BCUT2D eigenvalue weighted by atomic mass is 9.76. The van der Waals surface area contributed by atoms with Crippen molar-refractivity contribution in [2.75, 3.05) is 0 Å². The van der Waals surface area contributed by atoms with Crippen LogP contribution in [0.4, 0.5) is 18.9 Å². The fourth-order valence-electron chi connectivity index (χ4n) is 4.47. The van der Waals surface area contributed by atoms with E-state index in [1.165, 1.54) is 51.1 Å². The smallest absolute Gasteiger partial charge is 0.266 e. The first kappa shape index (κ1) is 21.3. The number of nitrogens with one attached hydrogen (secondary N) is 1. The molecular weight excluding hydrogens is 407 g/mol. The Morgan fingerprint density at radius 3 is 2.58 bits per heavy atom. The lowest BCUT2D eigenvalue weighted by molar-refractivity contribution is 0.0909. The molecule has 2 aliphatic carbocycles. The molecule has 2 saturated carbocycles. The number of hydrogen-bond acceptors (Lipinski definition) is 3. The van der Waals surface area contributed by atoms with Crippen molar-refractivity contribution < 1.29 is 18.0 Å². The van der Waals surface area contributed by atoms with Gasteiger partial charge in [-0.05, 0) is 51.7 Å². The number of hydrogen-bond donors (Lipinski definition) is 1. The van der Waals surface area contributed by atoms with E-state index in [9.17, 15) is 22.8 Å². The average Bonchev–Trinajstić information content (AvgIpc) is 3.47. The minimum atomic E-state index is -2.97. The zero-order valence-electron chi connectivity index (χ0n) is 17.4. The normalized spacial score (nSPS) is 17.5. The van der Waals surface area contributed by atoms with E-state index in [-0.39, 0.29) is 28.4 Å². The fourth-order valence-corrected chi connectivity index (χ4v) is 4.47. The van der Waals surface area contributed by atoms with Crippen molar-refractivity contribution in [2.45, 2.75) is 57.5 Å². The molecule has 0 atom stereocenters. The maximum absolute atomic E-state index is 14.7. The second-order valence-corrected chi connectivity index (χ2v) is 9.13. The molecule has 8 heteroatoms. The molecule has 164 valence electrons. The molecule has 1 N–H and O–H groups in total. The molecular formula is C23H24F3N3O2. The molecule has 2 aliphatic rings. The zero-order valence-corrected chi connectivity index (χ0v) is 17.4. The van der Waals surface area contributed by atoms with Gasteiger partial charge in [0.1, 0.15) is 5.82 Å². The number of carbonyl (C=O) groups is 1. The Labute approximate surface area is 178 Å². The highest BCUT2D eigenvalue weighted by Crippen LogP contribution is 2.64. The van der Waals surface area contributed by atoms with Crippen LogP contribution in [0.2, 0.25) is 0 Å². The zero-order chi connectivity index (χ0) is 22.6. The third-order valence-electron chi connectivity index (χ3n) is 6.52. The second kappa shape index (κ2) is 7.35. The van der Waals surface area contributed by atoms with Gasteiger partial charge in [0, 0.05) is 23.9 Å². The highest BCUT2D eigenvalue weighted by Gasteiger charge is 2.53. The van der Waals surface area contributed by atoms with E-state index < -0.39 is 29.3 Å². The van der Waals surface area contributed by atoms with Gasteiger partial charge in [0.25, 0.3) is 17.9 Å². The summed E-state index contributed by atoms with van der Waals surface area (Å²) in [5.41, 5.74) is -1.71. The van der Waals surface area contributed by atoms with Crippen LogP contribution in [0.5, 0.6) is 0 Å². The summed E-state index contributed by atoms with van der Waals surface area (Å²) in [4.78, 5) is 29.4. The van der Waals surface area contributed by atoms with E-state index in [1.54, 1.807) is 4.57 Å². The van der Waals surface area contributed by atoms with Crippen LogP contribution < -0.4 is 10.9 Å². The van der Waals surface area contributed by atoms with Gasteiger partial charge in [-0.2, -0.15) is 0 Å². The number of aliphatic imine (C=N–C) groups is 1. The Balaban J connectivity index is 1.64. The van der Waals surface area contributed by atoms with Gasteiger partial charge in [-0.3, -0.25) is 14.6 Å². The number of rotatable bonds is 6. The molecule has 0 aliphatic heterocycles. The molecule has 1 heterocycles. The van der Waals surface area contributed by atoms with Crippen LogP contribution in [0.15, 0.2) is 40.2 Å². The Morgan fingerprint density at radius 1 is 1.32 bits per heavy atom. The highest BCUT2D eigenvalue weighted by molar-refractivity contribution is 5.99. The van der Waals surface area contributed by atoms with E-state index in [4.69, 9.17) is 0 Å². The molecule has 2 fully saturated rings. The highest BCUT2D eigenvalue weighted by atomic mass is 19.3. The summed E-state index contributed by atoms with van der Waals surface area (Å²) in [5, 5.41) is 2.69. The summed E-state index contributed by atoms with van der Waals surface area (Å²) in [5.74, 6) is -1.65. The standard InChI is InChI=1S/C23H24F3N3O2/c1-22(2,16-6-4-5-14(19(16)24)20(25)26)28-21(31)15-12-29(18(30)9-17(15)27-3)13-10-23(11-13)7-8-23/h4-6,9,12-13,20H,3,7-8,10-11H2,1-2H3,(H,28,31). The minimum Gasteiger partial charge on any atom is -0.343 e. The van der Waals surface area contributed by atoms with Crippen molar-refractivity contribution in [2.24, 2.45) is 10.4 Å². The van der Waals surface area contributed by atoms with Gasteiger partial charge < -0.3 is 9.88 Å². The number of alkyl halides is 2. The van der Waals surface area contributed by atoms with Gasteiger partial charge in [-0.15, -0.1) is 0 Å². The number of benzene rings is 1.